The fraction of sp³-hybridized carbons (Fsp3) is 0.0870. The molecule has 97 heavy (non-hydrogen) atoms. The first-order valence-corrected chi connectivity index (χ1v) is 33.4. The molecule has 0 amide bonds. The molecule has 0 atom stereocenters. The molecule has 5 heteroatoms. The summed E-state index contributed by atoms with van der Waals surface area (Å²) >= 11 is 0. The third-order valence-electron chi connectivity index (χ3n) is 20.5. The molecule has 0 aliphatic carbocycles. The second kappa shape index (κ2) is 21.4. The molecule has 14 aromatic carbocycles. The topological polar surface area (TPSA) is 24.6 Å². The van der Waals surface area contributed by atoms with Crippen molar-refractivity contribution in [2.45, 2.75) is 52.4 Å². The predicted molar refractivity (Wildman–Crippen MR) is 416 cm³/mol. The summed E-state index contributed by atoms with van der Waals surface area (Å²) in [4.78, 5) is 2.33. The van der Waals surface area contributed by atoms with Crippen molar-refractivity contribution in [3.63, 3.8) is 0 Å². The lowest BCUT2D eigenvalue weighted by molar-refractivity contribution is 0.589. The van der Waals surface area contributed by atoms with Crippen molar-refractivity contribution >= 4 is 133 Å². The number of anilines is 5. The van der Waals surface area contributed by atoms with E-state index >= 15 is 0 Å². The van der Waals surface area contributed by atoms with Gasteiger partial charge >= 0.3 is 0 Å². The average Bonchev–Trinajstić information content (AvgIpc) is 1.59. The van der Waals surface area contributed by atoms with Gasteiger partial charge in [0, 0.05) is 71.8 Å². The number of fused-ring (bicyclic) bond motifs is 18. The first kappa shape index (κ1) is 47.3. The van der Waals surface area contributed by atoms with Crippen LogP contribution in [0.25, 0.3) is 132 Å². The van der Waals surface area contributed by atoms with E-state index in [-0.39, 0.29) is 46.1 Å². The van der Waals surface area contributed by atoms with Crippen LogP contribution in [-0.2, 0) is 10.8 Å². The molecule has 0 saturated heterocycles. The van der Waals surface area contributed by atoms with Gasteiger partial charge in [-0.3, -0.25) is 0 Å². The number of benzene rings is 14. The lowest BCUT2D eigenvalue weighted by atomic mass is 9.33. The Bertz CT molecular complexity index is 6770. The maximum Gasteiger partial charge on any atom is 0.252 e. The molecule has 0 radical (unpaired) electrons. The Kier molecular flexibility index (Phi) is 10.4. The number of nitrogens with zero attached hydrogens (tertiary/aromatic N) is 3. The van der Waals surface area contributed by atoms with Gasteiger partial charge in [-0.15, -0.1) is 0 Å². The highest BCUT2D eigenvalue weighted by Crippen LogP contribution is 2.51. The van der Waals surface area contributed by atoms with Gasteiger partial charge in [-0.05, 0) is 166 Å². The van der Waals surface area contributed by atoms with Crippen molar-refractivity contribution in [1.29, 1.82) is 0 Å². The van der Waals surface area contributed by atoms with Crippen molar-refractivity contribution < 1.29 is 13.7 Å². The molecular weight excluding hydrogens is 1170 g/mol. The van der Waals surface area contributed by atoms with Crippen LogP contribution in [0.4, 0.5) is 28.4 Å². The zero-order valence-corrected chi connectivity index (χ0v) is 54.5. The number of rotatable bonds is 7. The monoisotopic (exact) mass is 1250 g/mol. The van der Waals surface area contributed by atoms with E-state index in [9.17, 15) is 8.22 Å². The van der Waals surface area contributed by atoms with E-state index in [2.05, 4.69) is 255 Å². The third kappa shape index (κ3) is 8.84. The smallest absolute Gasteiger partial charge is 0.252 e. The van der Waals surface area contributed by atoms with E-state index in [0.717, 1.165) is 149 Å². The average molecular weight is 1250 g/mol. The van der Waals surface area contributed by atoms with Gasteiger partial charge in [0.05, 0.1) is 41.5 Å². The van der Waals surface area contributed by atoms with Gasteiger partial charge in [-0.2, -0.15) is 0 Å². The van der Waals surface area contributed by atoms with E-state index in [1.165, 1.54) is 11.1 Å². The van der Waals surface area contributed by atoms with Crippen LogP contribution in [0.3, 0.4) is 0 Å². The van der Waals surface area contributed by atoms with Crippen LogP contribution < -0.4 is 26.6 Å². The van der Waals surface area contributed by atoms with Crippen LogP contribution in [0.2, 0.25) is 0 Å². The summed E-state index contributed by atoms with van der Waals surface area (Å²) in [6.45, 7) is 12.8. The zero-order chi connectivity index (χ0) is 73.7. The molecule has 19 rings (SSSR count). The van der Waals surface area contributed by atoms with E-state index in [0.29, 0.717) is 16.8 Å². The second-order valence-corrected chi connectivity index (χ2v) is 28.1. The fourth-order valence-corrected chi connectivity index (χ4v) is 15.9. The van der Waals surface area contributed by atoms with Gasteiger partial charge in [0.25, 0.3) is 6.71 Å². The molecule has 4 nitrogen and oxygen atoms in total. The predicted octanol–water partition coefficient (Wildman–Crippen LogP) is 23.0. The highest BCUT2D eigenvalue weighted by Gasteiger charge is 2.44. The Morgan fingerprint density at radius 1 is 0.361 bits per heavy atom. The summed E-state index contributed by atoms with van der Waals surface area (Å²) in [5.41, 5.74) is 19.5. The minimum absolute atomic E-state index is 0.0589. The summed E-state index contributed by atoms with van der Waals surface area (Å²) in [6.07, 6.45) is 0. The van der Waals surface area contributed by atoms with Crippen LogP contribution >= 0.6 is 0 Å². The Morgan fingerprint density at radius 2 is 0.959 bits per heavy atom. The normalized spacial score (nSPS) is 14.2. The number of para-hydroxylation sites is 2. The highest BCUT2D eigenvalue weighted by molar-refractivity contribution is 7.00. The van der Waals surface area contributed by atoms with Crippen LogP contribution in [0.15, 0.2) is 303 Å². The Labute approximate surface area is 579 Å². The molecule has 0 bridgehead atoms. The molecule has 17 aromatic rings. The molecule has 2 aliphatic rings. The largest absolute Gasteiger partial charge is 0.355 e. The van der Waals surface area contributed by atoms with Gasteiger partial charge in [-0.25, -0.2) is 0 Å². The standard InChI is InChI=1S/C92H69BN4/c1-91(2,3)64-31-22-30-62(50-64)75-54-65(92(4,5)6)43-48-80(75)94-66-44-49-82-76(55-66)77-51-63(59-28-14-9-15-29-59)52-79-89(77)97(82)85-56-84-86(74-38-23-37-73-71-35-19-17-33-69(71)68-32-16-18-34-70(68)72-36-20-21-39-81(72)96(84)88(73)74)90-87(85)93(79)78-47-42-61(58-26-12-8-13-27-58)53-83(78)95(90)67-45-40-60(41-46-67)57-24-10-7-11-25-57/h7-56,94H,1-6H3/i8D,9D,12D,13D,14D,15D,26D,27D,28D,29D. The van der Waals surface area contributed by atoms with E-state index in [4.69, 9.17) is 5.48 Å². The molecule has 0 spiro atoms. The molecule has 1 N–H and O–H groups in total. The zero-order valence-electron chi connectivity index (χ0n) is 64.5. The van der Waals surface area contributed by atoms with Crippen LogP contribution in [0.1, 0.15) is 66.4 Å². The second-order valence-electron chi connectivity index (χ2n) is 28.1. The number of aromatic nitrogens is 2. The van der Waals surface area contributed by atoms with Crippen LogP contribution in [0, 0.1) is 0 Å². The number of hydrogen-bond acceptors (Lipinski definition) is 2. The van der Waals surface area contributed by atoms with E-state index in [1.54, 1.807) is 0 Å². The minimum atomic E-state index is -0.664. The van der Waals surface area contributed by atoms with Crippen molar-refractivity contribution in [3.8, 4) is 50.2 Å². The Balaban J connectivity index is 1.00. The molecule has 3 aromatic heterocycles. The van der Waals surface area contributed by atoms with E-state index in [1.807, 2.05) is 48.5 Å². The van der Waals surface area contributed by atoms with Crippen molar-refractivity contribution in [2.24, 2.45) is 0 Å². The lowest BCUT2D eigenvalue weighted by Gasteiger charge is -2.41. The Hall–Kier alpha value is -11.7. The van der Waals surface area contributed by atoms with Gasteiger partial charge in [-0.1, -0.05) is 278 Å². The summed E-state index contributed by atoms with van der Waals surface area (Å²) < 4.78 is 97.4. The van der Waals surface area contributed by atoms with E-state index < -0.39 is 43.0 Å². The minimum Gasteiger partial charge on any atom is -0.355 e. The van der Waals surface area contributed by atoms with Crippen LogP contribution in [-0.4, -0.2) is 15.7 Å². The van der Waals surface area contributed by atoms with Gasteiger partial charge in [0.15, 0.2) is 0 Å². The maximum atomic E-state index is 9.72. The van der Waals surface area contributed by atoms with Crippen molar-refractivity contribution in [2.75, 3.05) is 10.2 Å². The Morgan fingerprint density at radius 3 is 1.68 bits per heavy atom. The summed E-state index contributed by atoms with van der Waals surface area (Å²) in [6, 6.07) is 81.8. The third-order valence-corrected chi connectivity index (χ3v) is 20.5. The highest BCUT2D eigenvalue weighted by atomic mass is 15.2. The quantitative estimate of drug-likeness (QED) is 0.161. The van der Waals surface area contributed by atoms with Gasteiger partial charge in [0.1, 0.15) is 0 Å². The molecule has 460 valence electrons. The lowest BCUT2D eigenvalue weighted by Crippen LogP contribution is -2.60. The van der Waals surface area contributed by atoms with Gasteiger partial charge in [0.2, 0.25) is 0 Å². The molecular formula is C92H69BN4. The molecule has 0 saturated carbocycles. The first-order valence-electron chi connectivity index (χ1n) is 38.4. The molecule has 0 unspecified atom stereocenters. The summed E-state index contributed by atoms with van der Waals surface area (Å²) in [7, 11) is 0. The summed E-state index contributed by atoms with van der Waals surface area (Å²) in [5, 5.41) is 13.9. The fourth-order valence-electron chi connectivity index (χ4n) is 15.9. The van der Waals surface area contributed by atoms with Crippen molar-refractivity contribution in [1.82, 2.24) is 8.97 Å². The SMILES string of the molecule is [2H]c1c([2H])c([2H])c(-c2ccc3c(c2)N(c2ccc(-c4ccccc4)cc2)c2c4c(cc5c2c2cccc6c7ccccc7c7ccccc7c7ccccc7n5c62)-n2c5ccc(Nc6ccc(C(C)(C)C)cc6-c6cccc(C(C)(C)C)c6)cc5c5cc(-c6c([2H])c([2H])c([2H])c([2H])c6[2H])cc(c52)B34)c([2H])c1[2H]. The van der Waals surface area contributed by atoms with Crippen molar-refractivity contribution in [3.05, 3.63) is 314 Å². The van der Waals surface area contributed by atoms with Gasteiger partial charge < -0.3 is 19.2 Å². The summed E-state index contributed by atoms with van der Waals surface area (Å²) in [5.74, 6) is 0. The number of hydrogen-bond donors (Lipinski definition) is 1. The maximum absolute atomic E-state index is 9.72. The van der Waals surface area contributed by atoms with Crippen LogP contribution in [0.5, 0.6) is 0 Å². The molecule has 0 fully saturated rings. The first-order chi connectivity index (χ1) is 51.5. The molecule has 2 aliphatic heterocycles. The molecule has 5 heterocycles. The number of nitrogens with one attached hydrogen (secondary N) is 1.